The normalized spacial score (nSPS) is 24.6. The van der Waals surface area contributed by atoms with Crippen LogP contribution in [-0.2, 0) is 5.41 Å². The molecule has 0 aliphatic heterocycles. The van der Waals surface area contributed by atoms with E-state index in [1.165, 1.54) is 68.9 Å². The molecule has 2 aromatic rings. The third-order valence-corrected chi connectivity index (χ3v) is 8.33. The van der Waals surface area contributed by atoms with Crippen molar-refractivity contribution in [3.63, 3.8) is 0 Å². The second-order valence-corrected chi connectivity index (χ2v) is 9.99. The number of rotatable bonds is 6. The summed E-state index contributed by atoms with van der Waals surface area (Å²) < 4.78 is 0. The summed E-state index contributed by atoms with van der Waals surface area (Å²) in [5.74, 6) is 3.45. The average molecular weight is 407 g/mol. The molecule has 2 aliphatic carbocycles. The number of hydrogen-bond acceptors (Lipinski definition) is 2. The third kappa shape index (κ3) is 4.68. The molecule has 2 aliphatic rings. The van der Waals surface area contributed by atoms with Gasteiger partial charge in [-0.3, -0.25) is 0 Å². The number of phenols is 2. The van der Waals surface area contributed by atoms with Crippen LogP contribution < -0.4 is 0 Å². The molecule has 2 aromatic carbocycles. The van der Waals surface area contributed by atoms with E-state index in [0.29, 0.717) is 11.5 Å². The minimum atomic E-state index is -0.00289. The maximum atomic E-state index is 9.78. The molecular weight excluding hydrogens is 368 g/mol. The van der Waals surface area contributed by atoms with Crippen LogP contribution >= 0.6 is 0 Å². The van der Waals surface area contributed by atoms with Crippen LogP contribution in [0.25, 0.3) is 0 Å². The van der Waals surface area contributed by atoms with Crippen molar-refractivity contribution in [2.75, 3.05) is 0 Å². The molecule has 0 amide bonds. The van der Waals surface area contributed by atoms with Crippen molar-refractivity contribution in [2.45, 2.75) is 83.0 Å². The standard InChI is InChI=1S/C28H38O2/c1-2-21-3-5-22(6-4-21)7-8-23-17-19-28(20-18-23,24-9-13-26(29)14-10-24)25-11-15-27(30)16-12-25/h9-16,21-23,29-30H,2-8,17-20H2,1H3/t21-,22-. The monoisotopic (exact) mass is 406 g/mol. The molecule has 2 saturated carbocycles. The van der Waals surface area contributed by atoms with E-state index in [-0.39, 0.29) is 5.41 Å². The van der Waals surface area contributed by atoms with Crippen molar-refractivity contribution in [2.24, 2.45) is 17.8 Å². The van der Waals surface area contributed by atoms with Gasteiger partial charge >= 0.3 is 0 Å². The van der Waals surface area contributed by atoms with Gasteiger partial charge in [0.1, 0.15) is 11.5 Å². The molecule has 0 spiro atoms. The lowest BCUT2D eigenvalue weighted by atomic mass is 9.62. The Hall–Kier alpha value is -1.96. The molecule has 0 atom stereocenters. The smallest absolute Gasteiger partial charge is 0.115 e. The number of hydrogen-bond donors (Lipinski definition) is 2. The summed E-state index contributed by atoms with van der Waals surface area (Å²) in [6.07, 6.45) is 14.8. The maximum Gasteiger partial charge on any atom is 0.115 e. The van der Waals surface area contributed by atoms with Crippen LogP contribution in [0.5, 0.6) is 11.5 Å². The topological polar surface area (TPSA) is 40.5 Å². The summed E-state index contributed by atoms with van der Waals surface area (Å²) in [6.45, 7) is 2.35. The van der Waals surface area contributed by atoms with Gasteiger partial charge in [-0.05, 0) is 78.8 Å². The molecule has 0 heterocycles. The SMILES string of the molecule is CC[C@H]1CC[C@H](CCC2CCC(c3ccc(O)cc3)(c3ccc(O)cc3)CC2)CC1. The summed E-state index contributed by atoms with van der Waals surface area (Å²) >= 11 is 0. The van der Waals surface area contributed by atoms with E-state index < -0.39 is 0 Å². The van der Waals surface area contributed by atoms with Gasteiger partial charge in [-0.1, -0.05) is 76.1 Å². The van der Waals surface area contributed by atoms with Gasteiger partial charge in [0.2, 0.25) is 0 Å². The van der Waals surface area contributed by atoms with Crippen LogP contribution in [0, 0.1) is 17.8 Å². The van der Waals surface area contributed by atoms with Crippen molar-refractivity contribution in [1.82, 2.24) is 0 Å². The van der Waals surface area contributed by atoms with Gasteiger partial charge in [-0.25, -0.2) is 0 Å². The molecule has 0 aromatic heterocycles. The summed E-state index contributed by atoms with van der Waals surface area (Å²) in [4.78, 5) is 0. The Balaban J connectivity index is 1.42. The van der Waals surface area contributed by atoms with E-state index in [1.54, 1.807) is 0 Å². The Morgan fingerprint density at radius 3 is 1.47 bits per heavy atom. The van der Waals surface area contributed by atoms with Gasteiger partial charge in [0.25, 0.3) is 0 Å². The van der Waals surface area contributed by atoms with Gasteiger partial charge in [0, 0.05) is 5.41 Å². The zero-order valence-electron chi connectivity index (χ0n) is 18.5. The average Bonchev–Trinajstić information content (AvgIpc) is 2.79. The fourth-order valence-electron chi connectivity index (χ4n) is 6.16. The highest BCUT2D eigenvalue weighted by Crippen LogP contribution is 2.48. The largest absolute Gasteiger partial charge is 0.508 e. The van der Waals surface area contributed by atoms with Crippen LogP contribution in [-0.4, -0.2) is 10.2 Å². The first-order valence-electron chi connectivity index (χ1n) is 12.2. The zero-order valence-corrected chi connectivity index (χ0v) is 18.5. The van der Waals surface area contributed by atoms with Crippen LogP contribution in [0.1, 0.15) is 88.7 Å². The zero-order chi connectivity index (χ0) is 21.0. The lowest BCUT2D eigenvalue weighted by Crippen LogP contribution is -2.33. The van der Waals surface area contributed by atoms with Crippen molar-refractivity contribution >= 4 is 0 Å². The number of phenolic OH excluding ortho intramolecular Hbond substituents is 2. The molecule has 0 bridgehead atoms. The van der Waals surface area contributed by atoms with E-state index in [1.807, 2.05) is 24.3 Å². The van der Waals surface area contributed by atoms with Crippen molar-refractivity contribution in [3.05, 3.63) is 59.7 Å². The van der Waals surface area contributed by atoms with Crippen molar-refractivity contribution in [1.29, 1.82) is 0 Å². The Morgan fingerprint density at radius 2 is 1.03 bits per heavy atom. The highest BCUT2D eigenvalue weighted by atomic mass is 16.3. The third-order valence-electron chi connectivity index (χ3n) is 8.33. The molecule has 4 rings (SSSR count). The highest BCUT2D eigenvalue weighted by Gasteiger charge is 2.38. The van der Waals surface area contributed by atoms with Gasteiger partial charge in [0.15, 0.2) is 0 Å². The van der Waals surface area contributed by atoms with E-state index in [4.69, 9.17) is 0 Å². The van der Waals surface area contributed by atoms with E-state index in [2.05, 4.69) is 31.2 Å². The van der Waals surface area contributed by atoms with Crippen LogP contribution in [0.2, 0.25) is 0 Å². The fourth-order valence-corrected chi connectivity index (χ4v) is 6.16. The maximum absolute atomic E-state index is 9.78. The molecule has 2 fully saturated rings. The van der Waals surface area contributed by atoms with Crippen LogP contribution in [0.4, 0.5) is 0 Å². The quantitative estimate of drug-likeness (QED) is 0.519. The van der Waals surface area contributed by atoms with E-state index in [0.717, 1.165) is 30.6 Å². The predicted molar refractivity (Wildman–Crippen MR) is 124 cm³/mol. The predicted octanol–water partition coefficient (Wildman–Crippen LogP) is 7.57. The number of benzene rings is 2. The van der Waals surface area contributed by atoms with Gasteiger partial charge < -0.3 is 10.2 Å². The first-order valence-corrected chi connectivity index (χ1v) is 12.2. The molecule has 0 unspecified atom stereocenters. The van der Waals surface area contributed by atoms with Gasteiger partial charge in [-0.2, -0.15) is 0 Å². The minimum Gasteiger partial charge on any atom is -0.508 e. The lowest BCUT2D eigenvalue weighted by Gasteiger charge is -2.42. The number of aromatic hydroxyl groups is 2. The van der Waals surface area contributed by atoms with Gasteiger partial charge in [-0.15, -0.1) is 0 Å². The Morgan fingerprint density at radius 1 is 0.633 bits per heavy atom. The molecule has 0 radical (unpaired) electrons. The highest BCUT2D eigenvalue weighted by molar-refractivity contribution is 5.43. The Bertz CT molecular complexity index is 729. The minimum absolute atomic E-state index is 0.00289. The summed E-state index contributed by atoms with van der Waals surface area (Å²) in [5.41, 5.74) is 2.58. The first kappa shape index (κ1) is 21.3. The Kier molecular flexibility index (Phi) is 6.71. The molecule has 162 valence electrons. The summed E-state index contributed by atoms with van der Waals surface area (Å²) in [6, 6.07) is 15.6. The second-order valence-electron chi connectivity index (χ2n) is 9.99. The van der Waals surface area contributed by atoms with Crippen LogP contribution in [0.3, 0.4) is 0 Å². The van der Waals surface area contributed by atoms with Crippen LogP contribution in [0.15, 0.2) is 48.5 Å². The second kappa shape index (κ2) is 9.45. The first-order chi connectivity index (χ1) is 14.6. The molecule has 2 N–H and O–H groups in total. The van der Waals surface area contributed by atoms with Crippen molar-refractivity contribution < 1.29 is 10.2 Å². The molecule has 0 saturated heterocycles. The molecular formula is C28H38O2. The van der Waals surface area contributed by atoms with Crippen molar-refractivity contribution in [3.8, 4) is 11.5 Å². The fraction of sp³-hybridized carbons (Fsp3) is 0.571. The molecule has 30 heavy (non-hydrogen) atoms. The summed E-state index contributed by atoms with van der Waals surface area (Å²) in [7, 11) is 0. The molecule has 2 nitrogen and oxygen atoms in total. The molecule has 2 heteroatoms. The van der Waals surface area contributed by atoms with E-state index >= 15 is 0 Å². The van der Waals surface area contributed by atoms with E-state index in [9.17, 15) is 10.2 Å². The van der Waals surface area contributed by atoms with Gasteiger partial charge in [0.05, 0.1) is 0 Å². The summed E-state index contributed by atoms with van der Waals surface area (Å²) in [5, 5.41) is 19.6. The lowest BCUT2D eigenvalue weighted by molar-refractivity contribution is 0.212. The Labute approximate surface area is 182 Å².